The summed E-state index contributed by atoms with van der Waals surface area (Å²) in [6.07, 6.45) is 1.79. The van der Waals surface area contributed by atoms with Crippen LogP contribution in [0.25, 0.3) is 10.9 Å². The number of methoxy groups -OCH3 is 1. The van der Waals surface area contributed by atoms with Gasteiger partial charge in [-0.3, -0.25) is 3.97 Å². The van der Waals surface area contributed by atoms with Crippen molar-refractivity contribution in [1.82, 2.24) is 3.97 Å². The van der Waals surface area contributed by atoms with Crippen molar-refractivity contribution in [3.05, 3.63) is 35.8 Å². The molecular weight excluding hydrogens is 344 g/mol. The van der Waals surface area contributed by atoms with E-state index in [0.29, 0.717) is 10.9 Å². The Morgan fingerprint density at radius 2 is 2.31 bits per heavy atom. The zero-order valence-electron chi connectivity index (χ0n) is 8.24. The number of fused-ring (bicyclic) bond motifs is 1. The summed E-state index contributed by atoms with van der Waals surface area (Å²) >= 11 is 2.09. The van der Waals surface area contributed by atoms with Crippen molar-refractivity contribution in [3.63, 3.8) is 0 Å². The lowest BCUT2D eigenvalue weighted by atomic mass is 10.1. The average Bonchev–Trinajstić information content (AvgIpc) is 2.69. The molecule has 2 aromatic rings. The summed E-state index contributed by atoms with van der Waals surface area (Å²) in [6, 6.07) is 4.36. The van der Waals surface area contributed by atoms with Gasteiger partial charge in [0.05, 0.1) is 18.2 Å². The maximum atomic E-state index is 13.4. The molecule has 0 aliphatic rings. The number of esters is 1. The molecule has 1 aromatic heterocycles. The first-order valence-corrected chi connectivity index (χ1v) is 7.67. The fourth-order valence-electron chi connectivity index (χ4n) is 1.52. The molecule has 1 heterocycles. The van der Waals surface area contributed by atoms with Gasteiger partial charge in [0.25, 0.3) is 0 Å². The first kappa shape index (κ1) is 11.7. The van der Waals surface area contributed by atoms with E-state index in [4.69, 9.17) is 0 Å². The topological polar surface area (TPSA) is 31.2 Å². The van der Waals surface area contributed by atoms with Gasteiger partial charge in [0, 0.05) is 41.9 Å². The first-order chi connectivity index (χ1) is 7.67. The van der Waals surface area contributed by atoms with E-state index >= 15 is 0 Å². The van der Waals surface area contributed by atoms with Crippen LogP contribution in [0.5, 0.6) is 0 Å². The van der Waals surface area contributed by atoms with Crippen molar-refractivity contribution < 1.29 is 13.9 Å². The third kappa shape index (κ3) is 1.91. The van der Waals surface area contributed by atoms with Crippen LogP contribution in [0.2, 0.25) is 0 Å². The molecule has 0 bridgehead atoms. The van der Waals surface area contributed by atoms with Crippen LogP contribution in [0.15, 0.2) is 24.4 Å². The highest BCUT2D eigenvalue weighted by Crippen LogP contribution is 2.28. The lowest BCUT2D eigenvalue weighted by Crippen LogP contribution is -2.02. The van der Waals surface area contributed by atoms with Crippen molar-refractivity contribution in [2.45, 2.75) is 0 Å². The Hall–Kier alpha value is -0.760. The standard InChI is InChI=1S/C10H7FINO2S/c1-15-10(14)8-4-6(11)5-9-7(8)2-3-13(9)16-12/h2-5H,1H3. The maximum absolute atomic E-state index is 13.4. The minimum Gasteiger partial charge on any atom is -0.465 e. The quantitative estimate of drug-likeness (QED) is 0.614. The van der Waals surface area contributed by atoms with Gasteiger partial charge in [-0.2, -0.15) is 0 Å². The van der Waals surface area contributed by atoms with E-state index in [2.05, 4.69) is 25.9 Å². The second-order valence-corrected chi connectivity index (χ2v) is 4.80. The summed E-state index contributed by atoms with van der Waals surface area (Å²) in [5.41, 5.74) is 0.918. The molecule has 0 saturated heterocycles. The third-order valence-corrected chi connectivity index (χ3v) is 3.96. The fraction of sp³-hybridized carbons (Fsp3) is 0.100. The van der Waals surface area contributed by atoms with E-state index in [0.717, 1.165) is 0 Å². The predicted molar refractivity (Wildman–Crippen MR) is 70.2 cm³/mol. The molecule has 0 atom stereocenters. The van der Waals surface area contributed by atoms with Crippen molar-refractivity contribution in [2.24, 2.45) is 0 Å². The van der Waals surface area contributed by atoms with Crippen molar-refractivity contribution in [2.75, 3.05) is 7.11 Å². The Bertz CT molecular complexity index is 555. The Morgan fingerprint density at radius 1 is 1.56 bits per heavy atom. The van der Waals surface area contributed by atoms with E-state index in [-0.39, 0.29) is 5.56 Å². The molecular formula is C10H7FINO2S. The van der Waals surface area contributed by atoms with Crippen LogP contribution in [-0.2, 0) is 4.74 Å². The second kappa shape index (κ2) is 4.62. The number of ether oxygens (including phenoxy) is 1. The number of halogens is 2. The minimum absolute atomic E-state index is 0.252. The van der Waals surface area contributed by atoms with Crippen LogP contribution in [0.4, 0.5) is 4.39 Å². The van der Waals surface area contributed by atoms with Crippen LogP contribution >= 0.6 is 30.3 Å². The van der Waals surface area contributed by atoms with E-state index < -0.39 is 11.8 Å². The number of hydrogen-bond acceptors (Lipinski definition) is 3. The lowest BCUT2D eigenvalue weighted by molar-refractivity contribution is 0.0602. The Kier molecular flexibility index (Phi) is 3.38. The molecule has 2 rings (SSSR count). The van der Waals surface area contributed by atoms with E-state index in [9.17, 15) is 9.18 Å². The Labute approximate surface area is 108 Å². The van der Waals surface area contributed by atoms with E-state index in [1.54, 1.807) is 16.2 Å². The number of nitrogens with zero attached hydrogens (tertiary/aromatic N) is 1. The van der Waals surface area contributed by atoms with Crippen molar-refractivity contribution in [1.29, 1.82) is 0 Å². The van der Waals surface area contributed by atoms with Gasteiger partial charge in [0.1, 0.15) is 5.82 Å². The molecule has 0 unspecified atom stereocenters. The fourth-order valence-corrected chi connectivity index (χ4v) is 2.89. The molecule has 6 heteroatoms. The Morgan fingerprint density at radius 3 is 2.94 bits per heavy atom. The van der Waals surface area contributed by atoms with Crippen molar-refractivity contribution in [3.8, 4) is 0 Å². The zero-order valence-corrected chi connectivity index (χ0v) is 11.2. The number of carbonyl (C=O) groups excluding carboxylic acids is 1. The Balaban J connectivity index is 2.74. The zero-order chi connectivity index (χ0) is 11.7. The molecule has 0 radical (unpaired) electrons. The highest BCUT2D eigenvalue weighted by Gasteiger charge is 2.14. The molecule has 0 spiro atoms. The molecule has 0 aliphatic heterocycles. The number of benzene rings is 1. The SMILES string of the molecule is COC(=O)c1cc(F)cc2c1ccn2SI. The molecule has 0 fully saturated rings. The number of hydrogen-bond donors (Lipinski definition) is 0. The van der Waals surface area contributed by atoms with Gasteiger partial charge in [-0.1, -0.05) is 0 Å². The summed E-state index contributed by atoms with van der Waals surface area (Å²) in [5, 5.41) is 0.692. The van der Waals surface area contributed by atoms with Gasteiger partial charge in [0.2, 0.25) is 0 Å². The minimum atomic E-state index is -0.527. The maximum Gasteiger partial charge on any atom is 0.338 e. The van der Waals surface area contributed by atoms with Crippen LogP contribution in [0, 0.1) is 5.82 Å². The molecule has 0 aliphatic carbocycles. The summed E-state index contributed by atoms with van der Waals surface area (Å²) < 4.78 is 19.8. The summed E-state index contributed by atoms with van der Waals surface area (Å²) in [7, 11) is 2.69. The molecule has 1 aromatic carbocycles. The third-order valence-electron chi connectivity index (χ3n) is 2.22. The number of carbonyl (C=O) groups is 1. The van der Waals surface area contributed by atoms with Crippen LogP contribution in [-0.4, -0.2) is 17.1 Å². The van der Waals surface area contributed by atoms with Crippen LogP contribution < -0.4 is 0 Å². The van der Waals surface area contributed by atoms with Crippen LogP contribution in [0.1, 0.15) is 10.4 Å². The van der Waals surface area contributed by atoms with Gasteiger partial charge in [0.15, 0.2) is 0 Å². The second-order valence-electron chi connectivity index (χ2n) is 3.09. The van der Waals surface area contributed by atoms with Gasteiger partial charge in [-0.25, -0.2) is 9.18 Å². The lowest BCUT2D eigenvalue weighted by Gasteiger charge is -2.03. The smallest absolute Gasteiger partial charge is 0.338 e. The monoisotopic (exact) mass is 351 g/mol. The van der Waals surface area contributed by atoms with E-state index in [1.807, 2.05) is 0 Å². The number of aromatic nitrogens is 1. The summed E-state index contributed by atoms with van der Waals surface area (Å²) in [5.74, 6) is -0.973. The largest absolute Gasteiger partial charge is 0.465 e. The highest BCUT2D eigenvalue weighted by atomic mass is 127. The average molecular weight is 351 g/mol. The first-order valence-electron chi connectivity index (χ1n) is 4.35. The normalized spacial score (nSPS) is 10.7. The van der Waals surface area contributed by atoms with Gasteiger partial charge >= 0.3 is 5.97 Å². The van der Waals surface area contributed by atoms with Crippen molar-refractivity contribution >= 4 is 47.2 Å². The van der Waals surface area contributed by atoms with E-state index in [1.165, 1.54) is 28.4 Å². The molecule has 0 N–H and O–H groups in total. The molecule has 3 nitrogen and oxygen atoms in total. The summed E-state index contributed by atoms with van der Waals surface area (Å²) in [4.78, 5) is 11.5. The highest BCUT2D eigenvalue weighted by molar-refractivity contribution is 14.2. The molecule has 0 amide bonds. The van der Waals surface area contributed by atoms with Gasteiger partial charge < -0.3 is 4.74 Å². The molecule has 84 valence electrons. The molecule has 16 heavy (non-hydrogen) atoms. The van der Waals surface area contributed by atoms with Gasteiger partial charge in [-0.15, -0.1) is 0 Å². The van der Waals surface area contributed by atoms with Crippen LogP contribution in [0.3, 0.4) is 0 Å². The number of rotatable bonds is 2. The molecule has 0 saturated carbocycles. The summed E-state index contributed by atoms with van der Waals surface area (Å²) in [6.45, 7) is 0. The predicted octanol–water partition coefficient (Wildman–Crippen LogP) is 3.41. The van der Waals surface area contributed by atoms with Gasteiger partial charge in [-0.05, 0) is 18.2 Å².